The van der Waals surface area contributed by atoms with E-state index < -0.39 is 5.82 Å². The van der Waals surface area contributed by atoms with E-state index in [9.17, 15) is 4.39 Å². The van der Waals surface area contributed by atoms with E-state index in [1.807, 2.05) is 0 Å². The van der Waals surface area contributed by atoms with Crippen LogP contribution in [-0.4, -0.2) is 9.78 Å². The monoisotopic (exact) mass is 207 g/mol. The smallest absolute Gasteiger partial charge is 0.165 e. The van der Waals surface area contributed by atoms with E-state index in [0.29, 0.717) is 5.75 Å². The number of rotatable bonds is 3. The minimum Gasteiger partial charge on any atom is -0.451 e. The second-order valence-corrected chi connectivity index (χ2v) is 2.93. The minimum atomic E-state index is -0.405. The van der Waals surface area contributed by atoms with E-state index in [-0.39, 0.29) is 12.4 Å². The molecule has 0 fully saturated rings. The highest BCUT2D eigenvalue weighted by Crippen LogP contribution is 2.22. The molecule has 0 aliphatic carbocycles. The Bertz CT molecular complexity index is 455. The van der Waals surface area contributed by atoms with Crippen LogP contribution in [0.4, 0.5) is 4.39 Å². The Hall–Kier alpha value is -1.88. The Morgan fingerprint density at radius 3 is 2.87 bits per heavy atom. The molecule has 5 heteroatoms. The van der Waals surface area contributed by atoms with E-state index in [4.69, 9.17) is 10.5 Å². The molecule has 1 aromatic heterocycles. The third-order valence-corrected chi connectivity index (χ3v) is 1.86. The van der Waals surface area contributed by atoms with Gasteiger partial charge in [-0.1, -0.05) is 12.1 Å². The molecule has 0 bridgehead atoms. The Morgan fingerprint density at radius 1 is 1.40 bits per heavy atom. The summed E-state index contributed by atoms with van der Waals surface area (Å²) in [5.41, 5.74) is 5.36. The van der Waals surface area contributed by atoms with Crippen molar-refractivity contribution in [3.05, 3.63) is 42.5 Å². The molecule has 0 radical (unpaired) electrons. The molecule has 15 heavy (non-hydrogen) atoms. The Kier molecular flexibility index (Phi) is 2.64. The Labute approximate surface area is 86.1 Å². The number of benzene rings is 1. The molecular weight excluding hydrogens is 197 g/mol. The maximum Gasteiger partial charge on any atom is 0.165 e. The van der Waals surface area contributed by atoms with Crippen LogP contribution in [0.25, 0.3) is 0 Å². The maximum absolute atomic E-state index is 13.2. The quantitative estimate of drug-likeness (QED) is 0.833. The standard InChI is InChI=1S/C10H10FN3O/c11-9-3-1-2-4-10(9)15-8-5-13-14(6-8)7-12/h1-6H,7,12H2. The Balaban J connectivity index is 2.18. The summed E-state index contributed by atoms with van der Waals surface area (Å²) in [7, 11) is 0. The molecule has 0 aliphatic rings. The van der Waals surface area contributed by atoms with Crippen LogP contribution in [0.5, 0.6) is 11.5 Å². The van der Waals surface area contributed by atoms with E-state index in [2.05, 4.69) is 5.10 Å². The Morgan fingerprint density at radius 2 is 2.20 bits per heavy atom. The van der Waals surface area contributed by atoms with Gasteiger partial charge in [-0.25, -0.2) is 4.39 Å². The highest BCUT2D eigenvalue weighted by molar-refractivity contribution is 5.29. The first kappa shape index (κ1) is 9.67. The number of hydrogen-bond donors (Lipinski definition) is 1. The van der Waals surface area contributed by atoms with Gasteiger partial charge in [0.05, 0.1) is 19.1 Å². The number of aromatic nitrogens is 2. The van der Waals surface area contributed by atoms with Crippen molar-refractivity contribution >= 4 is 0 Å². The number of hydrogen-bond acceptors (Lipinski definition) is 3. The molecule has 2 aromatic rings. The largest absolute Gasteiger partial charge is 0.451 e. The molecule has 2 rings (SSSR count). The van der Waals surface area contributed by atoms with Crippen LogP contribution < -0.4 is 10.5 Å². The molecule has 0 unspecified atom stereocenters. The zero-order chi connectivity index (χ0) is 10.7. The lowest BCUT2D eigenvalue weighted by atomic mass is 10.3. The van der Waals surface area contributed by atoms with Gasteiger partial charge in [-0.3, -0.25) is 4.68 Å². The highest BCUT2D eigenvalue weighted by Gasteiger charge is 2.04. The lowest BCUT2D eigenvalue weighted by Gasteiger charge is -2.02. The topological polar surface area (TPSA) is 53.1 Å². The van der Waals surface area contributed by atoms with Crippen molar-refractivity contribution in [1.29, 1.82) is 0 Å². The second-order valence-electron chi connectivity index (χ2n) is 2.93. The number of para-hydroxylation sites is 1. The zero-order valence-electron chi connectivity index (χ0n) is 7.93. The maximum atomic E-state index is 13.2. The van der Waals surface area contributed by atoms with Gasteiger partial charge in [0.25, 0.3) is 0 Å². The number of nitrogens with zero attached hydrogens (tertiary/aromatic N) is 2. The van der Waals surface area contributed by atoms with Gasteiger partial charge in [0.1, 0.15) is 0 Å². The van der Waals surface area contributed by atoms with Gasteiger partial charge in [0, 0.05) is 0 Å². The summed E-state index contributed by atoms with van der Waals surface area (Å²) in [5, 5.41) is 3.90. The van der Waals surface area contributed by atoms with E-state index in [1.165, 1.54) is 16.9 Å². The van der Waals surface area contributed by atoms with E-state index in [1.54, 1.807) is 24.4 Å². The fourth-order valence-electron chi connectivity index (χ4n) is 1.15. The SMILES string of the molecule is NCn1cc(Oc2ccccc2F)cn1. The first-order chi connectivity index (χ1) is 7.29. The zero-order valence-corrected chi connectivity index (χ0v) is 7.93. The van der Waals surface area contributed by atoms with E-state index >= 15 is 0 Å². The van der Waals surface area contributed by atoms with Crippen molar-refractivity contribution in [1.82, 2.24) is 9.78 Å². The normalized spacial score (nSPS) is 10.3. The van der Waals surface area contributed by atoms with Gasteiger partial charge in [-0.2, -0.15) is 5.10 Å². The molecule has 0 saturated carbocycles. The molecule has 4 nitrogen and oxygen atoms in total. The van der Waals surface area contributed by atoms with Crippen LogP contribution in [0.2, 0.25) is 0 Å². The van der Waals surface area contributed by atoms with Gasteiger partial charge in [-0.15, -0.1) is 0 Å². The third-order valence-electron chi connectivity index (χ3n) is 1.86. The fourth-order valence-corrected chi connectivity index (χ4v) is 1.15. The predicted molar refractivity (Wildman–Crippen MR) is 52.9 cm³/mol. The van der Waals surface area contributed by atoms with Crippen LogP contribution >= 0.6 is 0 Å². The van der Waals surface area contributed by atoms with Gasteiger partial charge in [-0.05, 0) is 12.1 Å². The van der Waals surface area contributed by atoms with Crippen molar-refractivity contribution in [2.45, 2.75) is 6.67 Å². The van der Waals surface area contributed by atoms with Crippen LogP contribution in [-0.2, 0) is 6.67 Å². The van der Waals surface area contributed by atoms with Crippen molar-refractivity contribution in [3.8, 4) is 11.5 Å². The molecule has 0 spiro atoms. The summed E-state index contributed by atoms with van der Waals surface area (Å²) in [5.74, 6) is 0.234. The van der Waals surface area contributed by atoms with Gasteiger partial charge in [0.15, 0.2) is 17.3 Å². The van der Waals surface area contributed by atoms with Gasteiger partial charge >= 0.3 is 0 Å². The summed E-state index contributed by atoms with van der Waals surface area (Å²) < 4.78 is 20.0. The predicted octanol–water partition coefficient (Wildman–Crippen LogP) is 1.73. The molecule has 78 valence electrons. The lowest BCUT2D eigenvalue weighted by molar-refractivity contribution is 0.441. The summed E-state index contributed by atoms with van der Waals surface area (Å²) in [4.78, 5) is 0. The number of ether oxygens (including phenoxy) is 1. The molecule has 0 saturated heterocycles. The van der Waals surface area contributed by atoms with Gasteiger partial charge < -0.3 is 10.5 Å². The van der Waals surface area contributed by atoms with Crippen LogP contribution in [0.15, 0.2) is 36.7 Å². The summed E-state index contributed by atoms with van der Waals surface area (Å²) in [6.45, 7) is 0.265. The summed E-state index contributed by atoms with van der Waals surface area (Å²) in [6, 6.07) is 6.19. The van der Waals surface area contributed by atoms with E-state index in [0.717, 1.165) is 0 Å². The number of nitrogens with two attached hydrogens (primary N) is 1. The second kappa shape index (κ2) is 4.10. The van der Waals surface area contributed by atoms with Crippen molar-refractivity contribution in [3.63, 3.8) is 0 Å². The fraction of sp³-hybridized carbons (Fsp3) is 0.100. The summed E-state index contributed by atoms with van der Waals surface area (Å²) in [6.07, 6.45) is 3.09. The average molecular weight is 207 g/mol. The third kappa shape index (κ3) is 2.13. The number of halogens is 1. The van der Waals surface area contributed by atoms with Crippen molar-refractivity contribution in [2.24, 2.45) is 5.73 Å². The molecular formula is C10H10FN3O. The lowest BCUT2D eigenvalue weighted by Crippen LogP contribution is -2.06. The molecule has 1 aromatic carbocycles. The minimum absolute atomic E-state index is 0.175. The van der Waals surface area contributed by atoms with Crippen LogP contribution in [0, 0.1) is 5.82 Å². The van der Waals surface area contributed by atoms with Gasteiger partial charge in [0.2, 0.25) is 0 Å². The molecule has 1 heterocycles. The van der Waals surface area contributed by atoms with Crippen LogP contribution in [0.1, 0.15) is 0 Å². The van der Waals surface area contributed by atoms with Crippen molar-refractivity contribution < 1.29 is 9.13 Å². The highest BCUT2D eigenvalue weighted by atomic mass is 19.1. The first-order valence-electron chi connectivity index (χ1n) is 4.44. The first-order valence-corrected chi connectivity index (χ1v) is 4.44. The average Bonchev–Trinajstić information content (AvgIpc) is 2.69. The molecule has 0 amide bonds. The molecule has 0 aliphatic heterocycles. The van der Waals surface area contributed by atoms with Crippen LogP contribution in [0.3, 0.4) is 0 Å². The summed E-state index contributed by atoms with van der Waals surface area (Å²) >= 11 is 0. The molecule has 2 N–H and O–H groups in total. The molecule has 0 atom stereocenters. The van der Waals surface area contributed by atoms with Crippen molar-refractivity contribution in [2.75, 3.05) is 0 Å².